The third-order valence-electron chi connectivity index (χ3n) is 4.22. The van der Waals surface area contributed by atoms with Crippen LogP contribution in [0.3, 0.4) is 0 Å². The Bertz CT molecular complexity index is 549. The van der Waals surface area contributed by atoms with Gasteiger partial charge in [-0.1, -0.05) is 12.1 Å². The Balaban J connectivity index is 2.46. The van der Waals surface area contributed by atoms with E-state index in [1.807, 2.05) is 27.7 Å². The highest BCUT2D eigenvalue weighted by Crippen LogP contribution is 2.37. The van der Waals surface area contributed by atoms with Crippen LogP contribution in [0.2, 0.25) is 0 Å². The lowest BCUT2D eigenvalue weighted by molar-refractivity contribution is 0.00578. The third kappa shape index (κ3) is 2.34. The molecule has 0 saturated carbocycles. The van der Waals surface area contributed by atoms with Crippen molar-refractivity contribution >= 4 is 12.6 Å². The van der Waals surface area contributed by atoms with Gasteiger partial charge in [0.2, 0.25) is 0 Å². The minimum absolute atomic E-state index is 0.355. The molecule has 0 radical (unpaired) electrons. The van der Waals surface area contributed by atoms with Gasteiger partial charge in [-0.25, -0.2) is 4.39 Å². The van der Waals surface area contributed by atoms with Crippen LogP contribution in [-0.4, -0.2) is 18.3 Å². The average molecular weight is 275 g/mol. The summed E-state index contributed by atoms with van der Waals surface area (Å²) in [6.07, 6.45) is 0. The fraction of sp³-hybridized carbons (Fsp3) is 0.533. The first-order chi connectivity index (χ1) is 9.19. The van der Waals surface area contributed by atoms with Crippen molar-refractivity contribution in [3.63, 3.8) is 0 Å². The molecule has 0 aromatic heterocycles. The second-order valence-corrected chi connectivity index (χ2v) is 6.18. The Morgan fingerprint density at radius 2 is 1.75 bits per heavy atom. The number of nitrogens with zero attached hydrogens (tertiary/aromatic N) is 1. The van der Waals surface area contributed by atoms with Crippen LogP contribution < -0.4 is 5.46 Å². The standard InChI is InChI=1S/C15H19BFNO2/c1-10(9-18)13-11(7-6-8-12(13)17)16-19-14(2,3)15(4,5)20-16/h6-8,10H,1-5H3. The van der Waals surface area contributed by atoms with E-state index in [0.29, 0.717) is 11.0 Å². The molecule has 3 nitrogen and oxygen atoms in total. The van der Waals surface area contributed by atoms with Crippen molar-refractivity contribution in [3.05, 3.63) is 29.6 Å². The summed E-state index contributed by atoms with van der Waals surface area (Å²) >= 11 is 0. The van der Waals surface area contributed by atoms with Crippen LogP contribution in [0.15, 0.2) is 18.2 Å². The lowest BCUT2D eigenvalue weighted by atomic mass is 9.73. The maximum absolute atomic E-state index is 14.1. The van der Waals surface area contributed by atoms with Gasteiger partial charge in [-0.2, -0.15) is 5.26 Å². The number of hydrogen-bond acceptors (Lipinski definition) is 3. The second kappa shape index (κ2) is 4.87. The van der Waals surface area contributed by atoms with Crippen LogP contribution in [0.4, 0.5) is 4.39 Å². The van der Waals surface area contributed by atoms with Crippen molar-refractivity contribution in [2.75, 3.05) is 0 Å². The fourth-order valence-electron chi connectivity index (χ4n) is 2.25. The smallest absolute Gasteiger partial charge is 0.399 e. The van der Waals surface area contributed by atoms with Crippen LogP contribution in [0, 0.1) is 17.1 Å². The van der Waals surface area contributed by atoms with Gasteiger partial charge in [0.25, 0.3) is 0 Å². The SMILES string of the molecule is CC(C#N)c1c(F)cccc1B1OC(C)(C)C(C)(C)O1. The lowest BCUT2D eigenvalue weighted by Crippen LogP contribution is -2.41. The van der Waals surface area contributed by atoms with Gasteiger partial charge >= 0.3 is 7.12 Å². The largest absolute Gasteiger partial charge is 0.495 e. The molecule has 1 atom stereocenters. The Kier molecular flexibility index (Phi) is 3.66. The molecule has 0 spiro atoms. The van der Waals surface area contributed by atoms with Crippen molar-refractivity contribution in [2.24, 2.45) is 0 Å². The zero-order valence-corrected chi connectivity index (χ0v) is 12.5. The molecule has 1 aliphatic rings. The lowest BCUT2D eigenvalue weighted by Gasteiger charge is -2.32. The molecular weight excluding hydrogens is 256 g/mol. The molecule has 106 valence electrons. The summed E-state index contributed by atoms with van der Waals surface area (Å²) in [7, 11) is -0.651. The minimum atomic E-state index is -0.651. The van der Waals surface area contributed by atoms with E-state index in [4.69, 9.17) is 14.6 Å². The number of rotatable bonds is 2. The highest BCUT2D eigenvalue weighted by Gasteiger charge is 2.52. The number of halogens is 1. The van der Waals surface area contributed by atoms with Crippen LogP contribution in [0.25, 0.3) is 0 Å². The van der Waals surface area contributed by atoms with Crippen molar-refractivity contribution < 1.29 is 13.7 Å². The monoisotopic (exact) mass is 275 g/mol. The predicted octanol–water partition coefficient (Wildman–Crippen LogP) is 2.75. The molecule has 0 bridgehead atoms. The van der Waals surface area contributed by atoms with E-state index in [1.54, 1.807) is 19.1 Å². The highest BCUT2D eigenvalue weighted by atomic mass is 19.1. The van der Waals surface area contributed by atoms with Crippen molar-refractivity contribution in [1.82, 2.24) is 0 Å². The second-order valence-electron chi connectivity index (χ2n) is 6.18. The van der Waals surface area contributed by atoms with Gasteiger partial charge in [-0.05, 0) is 46.1 Å². The van der Waals surface area contributed by atoms with E-state index < -0.39 is 30.1 Å². The summed E-state index contributed by atoms with van der Waals surface area (Å²) < 4.78 is 25.9. The molecule has 1 unspecified atom stereocenters. The molecule has 1 saturated heterocycles. The van der Waals surface area contributed by atoms with E-state index in [-0.39, 0.29) is 0 Å². The topological polar surface area (TPSA) is 42.2 Å². The summed E-state index contributed by atoms with van der Waals surface area (Å²) in [6.45, 7) is 9.45. The first-order valence-electron chi connectivity index (χ1n) is 6.73. The summed E-state index contributed by atoms with van der Waals surface area (Å²) in [5.74, 6) is -0.948. The molecule has 1 heterocycles. The average Bonchev–Trinajstić information content (AvgIpc) is 2.57. The molecule has 5 heteroatoms. The molecule has 0 aliphatic carbocycles. The van der Waals surface area contributed by atoms with Crippen LogP contribution in [0.5, 0.6) is 0 Å². The first kappa shape index (κ1) is 15.0. The van der Waals surface area contributed by atoms with Crippen LogP contribution >= 0.6 is 0 Å². The Labute approximate surface area is 119 Å². The highest BCUT2D eigenvalue weighted by molar-refractivity contribution is 6.62. The molecule has 20 heavy (non-hydrogen) atoms. The van der Waals surface area contributed by atoms with Crippen molar-refractivity contribution in [3.8, 4) is 6.07 Å². The third-order valence-corrected chi connectivity index (χ3v) is 4.22. The normalized spacial score (nSPS) is 21.6. The summed E-state index contributed by atoms with van der Waals surface area (Å²) in [5, 5.41) is 9.09. The quantitative estimate of drug-likeness (QED) is 0.779. The zero-order chi connectivity index (χ0) is 15.1. The van der Waals surface area contributed by atoms with E-state index in [9.17, 15) is 4.39 Å². The Morgan fingerprint density at radius 1 is 1.20 bits per heavy atom. The predicted molar refractivity (Wildman–Crippen MR) is 76.1 cm³/mol. The molecular formula is C15H19BFNO2. The summed E-state index contributed by atoms with van der Waals surface area (Å²) in [6, 6.07) is 6.81. The molecule has 2 rings (SSSR count). The molecule has 1 aromatic rings. The molecule has 0 amide bonds. The van der Waals surface area contributed by atoms with E-state index in [1.165, 1.54) is 6.07 Å². The van der Waals surface area contributed by atoms with Gasteiger partial charge in [-0.15, -0.1) is 0 Å². The van der Waals surface area contributed by atoms with Gasteiger partial charge in [0.1, 0.15) is 5.82 Å². The Morgan fingerprint density at radius 3 is 2.25 bits per heavy atom. The van der Waals surface area contributed by atoms with Crippen LogP contribution in [0.1, 0.15) is 46.1 Å². The summed E-state index contributed by atoms with van der Waals surface area (Å²) in [5.41, 5.74) is -0.0277. The maximum atomic E-state index is 14.1. The van der Waals surface area contributed by atoms with Crippen molar-refractivity contribution in [2.45, 2.75) is 51.7 Å². The molecule has 0 N–H and O–H groups in total. The molecule has 1 aliphatic heterocycles. The van der Waals surface area contributed by atoms with Gasteiger partial charge in [-0.3, -0.25) is 0 Å². The Hall–Kier alpha value is -1.38. The van der Waals surface area contributed by atoms with Gasteiger partial charge < -0.3 is 9.31 Å². The van der Waals surface area contributed by atoms with Crippen LogP contribution in [-0.2, 0) is 9.31 Å². The van der Waals surface area contributed by atoms with Crippen molar-refractivity contribution in [1.29, 1.82) is 5.26 Å². The molecule has 1 fully saturated rings. The number of benzene rings is 1. The first-order valence-corrected chi connectivity index (χ1v) is 6.73. The van der Waals surface area contributed by atoms with Gasteiger partial charge in [0, 0.05) is 5.56 Å². The minimum Gasteiger partial charge on any atom is -0.399 e. The molecule has 1 aromatic carbocycles. The van der Waals surface area contributed by atoms with Gasteiger partial charge in [0.05, 0.1) is 23.2 Å². The number of nitriles is 1. The fourth-order valence-corrected chi connectivity index (χ4v) is 2.25. The maximum Gasteiger partial charge on any atom is 0.495 e. The zero-order valence-electron chi connectivity index (χ0n) is 12.5. The number of hydrogen-bond donors (Lipinski definition) is 0. The van der Waals surface area contributed by atoms with E-state index in [0.717, 1.165) is 0 Å². The van der Waals surface area contributed by atoms with E-state index in [2.05, 4.69) is 6.07 Å². The van der Waals surface area contributed by atoms with Gasteiger partial charge in [0.15, 0.2) is 0 Å². The summed E-state index contributed by atoms with van der Waals surface area (Å²) in [4.78, 5) is 0. The van der Waals surface area contributed by atoms with E-state index >= 15 is 0 Å².